The van der Waals surface area contributed by atoms with Crippen molar-refractivity contribution in [2.45, 2.75) is 13.0 Å². The van der Waals surface area contributed by atoms with Crippen LogP contribution in [0.2, 0.25) is 0 Å². The molecular formula is C16H16N4S. The molecule has 0 aliphatic carbocycles. The van der Waals surface area contributed by atoms with Crippen LogP contribution in [-0.2, 0) is 13.0 Å². The molecule has 2 heterocycles. The first-order chi connectivity index (χ1) is 10.2. The molecule has 106 valence electrons. The molecule has 0 aliphatic rings. The van der Waals surface area contributed by atoms with E-state index in [4.69, 9.17) is 11.1 Å². The lowest BCUT2D eigenvalue weighted by atomic mass is 10.1. The van der Waals surface area contributed by atoms with Gasteiger partial charge in [-0.2, -0.15) is 0 Å². The van der Waals surface area contributed by atoms with Crippen LogP contribution in [0, 0.1) is 5.41 Å². The molecule has 0 saturated carbocycles. The fraction of sp³-hybridized carbons (Fsp3) is 0.125. The molecule has 21 heavy (non-hydrogen) atoms. The van der Waals surface area contributed by atoms with E-state index in [1.807, 2.05) is 36.7 Å². The van der Waals surface area contributed by atoms with E-state index in [9.17, 15) is 0 Å². The van der Waals surface area contributed by atoms with Crippen molar-refractivity contribution in [1.82, 2.24) is 9.55 Å². The quantitative estimate of drug-likeness (QED) is 0.561. The number of aromatic nitrogens is 2. The van der Waals surface area contributed by atoms with Crippen molar-refractivity contribution >= 4 is 17.2 Å². The second kappa shape index (κ2) is 5.93. The molecule has 1 aromatic carbocycles. The zero-order valence-corrected chi connectivity index (χ0v) is 12.3. The lowest BCUT2D eigenvalue weighted by Gasteiger charge is -2.08. The summed E-state index contributed by atoms with van der Waals surface area (Å²) < 4.78 is 2.14. The number of nitrogens with zero attached hydrogens (tertiary/aromatic N) is 2. The standard InChI is InChI=1S/C16H16N4S/c17-16(18)13-4-1-3-12(9-13)11-20-7-6-19-15(20)10-14-5-2-8-21-14/h1-9H,10-11H2,(H3,17,18). The van der Waals surface area contributed by atoms with E-state index in [-0.39, 0.29) is 5.84 Å². The maximum atomic E-state index is 7.51. The minimum atomic E-state index is 0.0984. The average Bonchev–Trinajstić information content (AvgIpc) is 3.12. The molecule has 0 radical (unpaired) electrons. The minimum Gasteiger partial charge on any atom is -0.384 e. The Labute approximate surface area is 127 Å². The number of nitrogens with two attached hydrogens (primary N) is 1. The average molecular weight is 296 g/mol. The fourth-order valence-electron chi connectivity index (χ4n) is 2.25. The van der Waals surface area contributed by atoms with E-state index in [2.05, 4.69) is 27.1 Å². The first-order valence-electron chi connectivity index (χ1n) is 6.68. The molecule has 3 N–H and O–H groups in total. The van der Waals surface area contributed by atoms with Gasteiger partial charge in [-0.1, -0.05) is 24.3 Å². The molecule has 0 saturated heterocycles. The third-order valence-corrected chi connectivity index (χ3v) is 4.18. The second-order valence-corrected chi connectivity index (χ2v) is 5.87. The monoisotopic (exact) mass is 296 g/mol. The highest BCUT2D eigenvalue weighted by molar-refractivity contribution is 7.09. The van der Waals surface area contributed by atoms with Gasteiger partial charge >= 0.3 is 0 Å². The third-order valence-electron chi connectivity index (χ3n) is 3.31. The van der Waals surface area contributed by atoms with Crippen molar-refractivity contribution in [3.63, 3.8) is 0 Å². The van der Waals surface area contributed by atoms with E-state index in [0.29, 0.717) is 0 Å². The molecule has 4 nitrogen and oxygen atoms in total. The number of thiophene rings is 1. The summed E-state index contributed by atoms with van der Waals surface area (Å²) in [4.78, 5) is 5.75. The normalized spacial score (nSPS) is 10.7. The molecule has 0 fully saturated rings. The molecule has 0 spiro atoms. The van der Waals surface area contributed by atoms with Gasteiger partial charge in [-0.15, -0.1) is 11.3 Å². The SMILES string of the molecule is N=C(N)c1cccc(Cn2ccnc2Cc2cccs2)c1. The van der Waals surface area contributed by atoms with Crippen LogP contribution in [0.3, 0.4) is 0 Å². The van der Waals surface area contributed by atoms with Crippen LogP contribution in [0.4, 0.5) is 0 Å². The van der Waals surface area contributed by atoms with E-state index >= 15 is 0 Å². The Morgan fingerprint density at radius 1 is 1.29 bits per heavy atom. The van der Waals surface area contributed by atoms with E-state index in [0.717, 1.165) is 29.9 Å². The number of nitrogen functional groups attached to an aromatic ring is 1. The first kappa shape index (κ1) is 13.6. The van der Waals surface area contributed by atoms with Crippen molar-refractivity contribution in [2.75, 3.05) is 0 Å². The molecule has 0 atom stereocenters. The summed E-state index contributed by atoms with van der Waals surface area (Å²) in [5.74, 6) is 1.15. The number of amidine groups is 1. The van der Waals surface area contributed by atoms with E-state index < -0.39 is 0 Å². The topological polar surface area (TPSA) is 67.7 Å². The number of benzene rings is 1. The summed E-state index contributed by atoms with van der Waals surface area (Å²) in [7, 11) is 0. The number of rotatable bonds is 5. The summed E-state index contributed by atoms with van der Waals surface area (Å²) in [5, 5.41) is 9.60. The predicted octanol–water partition coefficient (Wildman–Crippen LogP) is 2.87. The Balaban J connectivity index is 1.81. The highest BCUT2D eigenvalue weighted by Crippen LogP contribution is 2.15. The van der Waals surface area contributed by atoms with Gasteiger partial charge in [0.25, 0.3) is 0 Å². The van der Waals surface area contributed by atoms with Crippen LogP contribution in [0.1, 0.15) is 21.8 Å². The molecule has 0 aliphatic heterocycles. The highest BCUT2D eigenvalue weighted by atomic mass is 32.1. The lowest BCUT2D eigenvalue weighted by molar-refractivity contribution is 0.743. The fourth-order valence-corrected chi connectivity index (χ4v) is 2.96. The Bertz CT molecular complexity index is 743. The number of hydrogen-bond acceptors (Lipinski definition) is 3. The van der Waals surface area contributed by atoms with E-state index in [1.165, 1.54) is 4.88 Å². The van der Waals surface area contributed by atoms with Gasteiger partial charge < -0.3 is 10.3 Å². The summed E-state index contributed by atoms with van der Waals surface area (Å²) >= 11 is 1.74. The summed E-state index contributed by atoms with van der Waals surface area (Å²) in [6, 6.07) is 12.0. The van der Waals surface area contributed by atoms with Crippen molar-refractivity contribution in [2.24, 2.45) is 5.73 Å². The Morgan fingerprint density at radius 3 is 2.95 bits per heavy atom. The molecule has 0 bridgehead atoms. The molecule has 3 aromatic rings. The second-order valence-electron chi connectivity index (χ2n) is 4.84. The summed E-state index contributed by atoms with van der Waals surface area (Å²) in [5.41, 5.74) is 7.42. The highest BCUT2D eigenvalue weighted by Gasteiger charge is 2.06. The van der Waals surface area contributed by atoms with Crippen molar-refractivity contribution in [3.05, 3.63) is 76.0 Å². The Kier molecular flexibility index (Phi) is 3.83. The van der Waals surface area contributed by atoms with Crippen molar-refractivity contribution in [3.8, 4) is 0 Å². The van der Waals surface area contributed by atoms with Crippen molar-refractivity contribution in [1.29, 1.82) is 5.41 Å². The van der Waals surface area contributed by atoms with Crippen LogP contribution in [0.25, 0.3) is 0 Å². The van der Waals surface area contributed by atoms with Gasteiger partial charge in [0, 0.05) is 35.8 Å². The third kappa shape index (κ3) is 3.20. The largest absolute Gasteiger partial charge is 0.384 e. The zero-order chi connectivity index (χ0) is 14.7. The van der Waals surface area contributed by atoms with Gasteiger partial charge in [0.1, 0.15) is 11.7 Å². The molecule has 0 amide bonds. The summed E-state index contributed by atoms with van der Waals surface area (Å²) in [6.07, 6.45) is 4.66. The van der Waals surface area contributed by atoms with Crippen LogP contribution < -0.4 is 5.73 Å². The minimum absolute atomic E-state index is 0.0984. The van der Waals surface area contributed by atoms with Crippen LogP contribution in [0.15, 0.2) is 54.2 Å². The van der Waals surface area contributed by atoms with Gasteiger partial charge in [0.15, 0.2) is 0 Å². The Hall–Kier alpha value is -2.40. The van der Waals surface area contributed by atoms with E-state index in [1.54, 1.807) is 11.3 Å². The molecule has 3 rings (SSSR count). The molecule has 0 unspecified atom stereocenters. The first-order valence-corrected chi connectivity index (χ1v) is 7.56. The van der Waals surface area contributed by atoms with Gasteiger partial charge in [0.05, 0.1) is 0 Å². The lowest BCUT2D eigenvalue weighted by Crippen LogP contribution is -2.12. The maximum Gasteiger partial charge on any atom is 0.122 e. The predicted molar refractivity (Wildman–Crippen MR) is 85.9 cm³/mol. The smallest absolute Gasteiger partial charge is 0.122 e. The zero-order valence-electron chi connectivity index (χ0n) is 11.5. The van der Waals surface area contributed by atoms with Crippen LogP contribution in [-0.4, -0.2) is 15.4 Å². The summed E-state index contributed by atoms with van der Waals surface area (Å²) in [6.45, 7) is 0.738. The van der Waals surface area contributed by atoms with Crippen molar-refractivity contribution < 1.29 is 0 Å². The number of hydrogen-bond donors (Lipinski definition) is 2. The van der Waals surface area contributed by atoms with Gasteiger partial charge in [0.2, 0.25) is 0 Å². The molecule has 5 heteroatoms. The van der Waals surface area contributed by atoms with Gasteiger partial charge in [-0.3, -0.25) is 5.41 Å². The number of imidazole rings is 1. The van der Waals surface area contributed by atoms with Gasteiger partial charge in [-0.05, 0) is 23.1 Å². The van der Waals surface area contributed by atoms with Crippen LogP contribution >= 0.6 is 11.3 Å². The molecular weight excluding hydrogens is 280 g/mol. The molecule has 2 aromatic heterocycles. The van der Waals surface area contributed by atoms with Gasteiger partial charge in [-0.25, -0.2) is 4.98 Å². The Morgan fingerprint density at radius 2 is 2.19 bits per heavy atom. The van der Waals surface area contributed by atoms with Crippen LogP contribution in [0.5, 0.6) is 0 Å². The maximum absolute atomic E-state index is 7.51. The number of nitrogens with one attached hydrogen (secondary N) is 1.